The summed E-state index contributed by atoms with van der Waals surface area (Å²) in [4.78, 5) is 17.0. The van der Waals surface area contributed by atoms with Crippen LogP contribution in [0.4, 0.5) is 0 Å². The molecule has 21 heavy (non-hydrogen) atoms. The minimum atomic E-state index is -0.0424. The van der Waals surface area contributed by atoms with Crippen molar-refractivity contribution in [1.82, 2.24) is 15.1 Å². The van der Waals surface area contributed by atoms with Crippen molar-refractivity contribution in [2.45, 2.75) is 32.0 Å². The van der Waals surface area contributed by atoms with Crippen LogP contribution in [0.15, 0.2) is 24.3 Å². The topological polar surface area (TPSA) is 35.6 Å². The molecule has 1 aromatic rings. The van der Waals surface area contributed by atoms with Crippen LogP contribution in [0.5, 0.6) is 0 Å². The smallest absolute Gasteiger partial charge is 0.237 e. The van der Waals surface area contributed by atoms with E-state index in [0.29, 0.717) is 19.1 Å². The number of carbonyl (C=O) groups is 1. The second-order valence-electron chi connectivity index (χ2n) is 6.43. The van der Waals surface area contributed by atoms with Crippen LogP contribution < -0.4 is 5.32 Å². The van der Waals surface area contributed by atoms with E-state index in [2.05, 4.69) is 29.0 Å². The Morgan fingerprint density at radius 3 is 2.48 bits per heavy atom. The molecular weight excluding hydrogens is 286 g/mol. The second-order valence-corrected chi connectivity index (χ2v) is 6.87. The number of rotatable bonds is 3. The molecule has 2 aliphatic rings. The Morgan fingerprint density at radius 1 is 1.29 bits per heavy atom. The summed E-state index contributed by atoms with van der Waals surface area (Å²) < 4.78 is 0. The summed E-state index contributed by atoms with van der Waals surface area (Å²) in [6.45, 7) is 8.22. The molecule has 5 heteroatoms. The molecule has 4 nitrogen and oxygen atoms in total. The first kappa shape index (κ1) is 14.8. The average Bonchev–Trinajstić information content (AvgIpc) is 2.41. The van der Waals surface area contributed by atoms with Gasteiger partial charge in [0.1, 0.15) is 0 Å². The molecule has 3 rings (SSSR count). The zero-order valence-corrected chi connectivity index (χ0v) is 13.4. The van der Waals surface area contributed by atoms with Crippen molar-refractivity contribution in [3.63, 3.8) is 0 Å². The molecule has 0 bridgehead atoms. The van der Waals surface area contributed by atoms with Gasteiger partial charge >= 0.3 is 0 Å². The second kappa shape index (κ2) is 5.59. The van der Waals surface area contributed by atoms with Crippen molar-refractivity contribution in [3.8, 4) is 0 Å². The highest BCUT2D eigenvalue weighted by Crippen LogP contribution is 2.29. The number of halogens is 1. The third kappa shape index (κ3) is 2.80. The molecule has 2 heterocycles. The molecule has 0 radical (unpaired) electrons. The fraction of sp³-hybridized carbons (Fsp3) is 0.562. The average molecular weight is 308 g/mol. The molecule has 2 aliphatic heterocycles. The SMILES string of the molecule is CC(C)N1CC(=O)N(Cc2ccc(Cl)cc2)C2(CNC2)C1. The summed E-state index contributed by atoms with van der Waals surface area (Å²) in [6, 6.07) is 8.19. The van der Waals surface area contributed by atoms with Gasteiger partial charge in [-0.05, 0) is 31.5 Å². The lowest BCUT2D eigenvalue weighted by Gasteiger charge is -2.56. The zero-order valence-electron chi connectivity index (χ0n) is 12.6. The third-order valence-electron chi connectivity index (χ3n) is 4.60. The molecular formula is C16H22ClN3O. The number of piperazine rings is 1. The maximum absolute atomic E-state index is 12.6. The number of amides is 1. The Bertz CT molecular complexity index is 525. The summed E-state index contributed by atoms with van der Waals surface area (Å²) in [5, 5.41) is 4.07. The summed E-state index contributed by atoms with van der Waals surface area (Å²) in [5.41, 5.74) is 1.09. The monoisotopic (exact) mass is 307 g/mol. The molecule has 0 atom stereocenters. The quantitative estimate of drug-likeness (QED) is 0.924. The maximum atomic E-state index is 12.6. The van der Waals surface area contributed by atoms with Gasteiger partial charge in [-0.15, -0.1) is 0 Å². The van der Waals surface area contributed by atoms with E-state index in [0.717, 1.165) is 30.2 Å². The lowest BCUT2D eigenvalue weighted by Crippen LogP contribution is -2.77. The van der Waals surface area contributed by atoms with E-state index >= 15 is 0 Å². The van der Waals surface area contributed by atoms with Crippen molar-refractivity contribution in [2.24, 2.45) is 0 Å². The summed E-state index contributed by atoms with van der Waals surface area (Å²) >= 11 is 5.93. The predicted molar refractivity (Wildman–Crippen MR) is 84.3 cm³/mol. The minimum Gasteiger partial charge on any atom is -0.328 e. The third-order valence-corrected chi connectivity index (χ3v) is 4.85. The van der Waals surface area contributed by atoms with Gasteiger partial charge in [-0.25, -0.2) is 0 Å². The van der Waals surface area contributed by atoms with E-state index < -0.39 is 0 Å². The normalized spacial score (nSPS) is 21.9. The van der Waals surface area contributed by atoms with Crippen molar-refractivity contribution in [1.29, 1.82) is 0 Å². The van der Waals surface area contributed by atoms with Gasteiger partial charge < -0.3 is 10.2 Å². The first-order valence-corrected chi connectivity index (χ1v) is 7.88. The van der Waals surface area contributed by atoms with Gasteiger partial charge in [0.25, 0.3) is 0 Å². The number of hydrogen-bond acceptors (Lipinski definition) is 3. The standard InChI is InChI=1S/C16H22ClN3O/c1-12(2)19-8-15(21)20(16(11-19)9-18-10-16)7-13-3-5-14(17)6-4-13/h3-6,12,18H,7-11H2,1-2H3. The van der Waals surface area contributed by atoms with Gasteiger partial charge in [0.15, 0.2) is 0 Å². The Hall–Kier alpha value is -1.10. The summed E-state index contributed by atoms with van der Waals surface area (Å²) in [7, 11) is 0. The molecule has 1 spiro atoms. The highest BCUT2D eigenvalue weighted by atomic mass is 35.5. The molecule has 0 saturated carbocycles. The lowest BCUT2D eigenvalue weighted by molar-refractivity contribution is -0.153. The number of nitrogens with zero attached hydrogens (tertiary/aromatic N) is 2. The molecule has 1 amide bonds. The molecule has 1 N–H and O–H groups in total. The number of hydrogen-bond donors (Lipinski definition) is 1. The van der Waals surface area contributed by atoms with Gasteiger partial charge in [-0.3, -0.25) is 9.69 Å². The van der Waals surface area contributed by atoms with E-state index in [9.17, 15) is 4.79 Å². The van der Waals surface area contributed by atoms with Gasteiger partial charge in [-0.2, -0.15) is 0 Å². The Labute approximate surface area is 131 Å². The van der Waals surface area contributed by atoms with Crippen LogP contribution in [-0.2, 0) is 11.3 Å². The van der Waals surface area contributed by atoms with Gasteiger partial charge in [0, 0.05) is 37.2 Å². The molecule has 2 saturated heterocycles. The first-order valence-electron chi connectivity index (χ1n) is 7.50. The Kier molecular flexibility index (Phi) is 3.95. The van der Waals surface area contributed by atoms with Crippen molar-refractivity contribution < 1.29 is 4.79 Å². The number of carbonyl (C=O) groups excluding carboxylic acids is 1. The minimum absolute atomic E-state index is 0.0424. The molecule has 1 aromatic carbocycles. The number of benzene rings is 1. The molecule has 0 aromatic heterocycles. The van der Waals surface area contributed by atoms with Crippen molar-refractivity contribution in [2.75, 3.05) is 26.2 Å². The molecule has 2 fully saturated rings. The summed E-state index contributed by atoms with van der Waals surface area (Å²) in [6.07, 6.45) is 0. The fourth-order valence-electron chi connectivity index (χ4n) is 3.15. The van der Waals surface area contributed by atoms with Crippen molar-refractivity contribution in [3.05, 3.63) is 34.9 Å². The van der Waals surface area contributed by atoms with Gasteiger partial charge in [-0.1, -0.05) is 23.7 Å². The molecule has 0 aliphatic carbocycles. The zero-order chi connectivity index (χ0) is 15.0. The van der Waals surface area contributed by atoms with E-state index in [4.69, 9.17) is 11.6 Å². The largest absolute Gasteiger partial charge is 0.328 e. The van der Waals surface area contributed by atoms with Crippen LogP contribution in [-0.4, -0.2) is 53.5 Å². The van der Waals surface area contributed by atoms with Crippen LogP contribution in [0.25, 0.3) is 0 Å². The van der Waals surface area contributed by atoms with Gasteiger partial charge in [0.2, 0.25) is 5.91 Å². The van der Waals surface area contributed by atoms with Crippen LogP contribution in [0.2, 0.25) is 5.02 Å². The lowest BCUT2D eigenvalue weighted by atomic mass is 9.86. The van der Waals surface area contributed by atoms with E-state index in [-0.39, 0.29) is 11.4 Å². The van der Waals surface area contributed by atoms with Crippen LogP contribution in [0.1, 0.15) is 19.4 Å². The van der Waals surface area contributed by atoms with Gasteiger partial charge in [0.05, 0.1) is 12.1 Å². The Balaban J connectivity index is 1.80. The maximum Gasteiger partial charge on any atom is 0.237 e. The summed E-state index contributed by atoms with van der Waals surface area (Å²) in [5.74, 6) is 0.228. The van der Waals surface area contributed by atoms with E-state index in [1.807, 2.05) is 24.3 Å². The predicted octanol–water partition coefficient (Wildman–Crippen LogP) is 1.73. The first-order chi connectivity index (χ1) is 10.00. The molecule has 114 valence electrons. The van der Waals surface area contributed by atoms with E-state index in [1.165, 1.54) is 0 Å². The highest BCUT2D eigenvalue weighted by molar-refractivity contribution is 6.30. The fourth-order valence-corrected chi connectivity index (χ4v) is 3.28. The van der Waals surface area contributed by atoms with Crippen LogP contribution in [0, 0.1) is 0 Å². The van der Waals surface area contributed by atoms with Crippen LogP contribution >= 0.6 is 11.6 Å². The highest BCUT2D eigenvalue weighted by Gasteiger charge is 2.49. The Morgan fingerprint density at radius 2 is 1.95 bits per heavy atom. The van der Waals surface area contributed by atoms with E-state index in [1.54, 1.807) is 0 Å². The van der Waals surface area contributed by atoms with Crippen LogP contribution in [0.3, 0.4) is 0 Å². The molecule has 0 unspecified atom stereocenters. The number of nitrogens with one attached hydrogen (secondary N) is 1. The van der Waals surface area contributed by atoms with Crippen molar-refractivity contribution >= 4 is 17.5 Å².